The van der Waals surface area contributed by atoms with Crippen LogP contribution in [0.4, 0.5) is 5.88 Å². The monoisotopic (exact) mass is 257 g/mol. The molecule has 19 heavy (non-hydrogen) atoms. The van der Waals surface area contributed by atoms with Gasteiger partial charge in [-0.15, -0.1) is 0 Å². The molecule has 2 N–H and O–H groups in total. The Bertz CT molecular complexity index is 652. The van der Waals surface area contributed by atoms with Crippen LogP contribution in [-0.4, -0.2) is 27.8 Å². The van der Waals surface area contributed by atoms with Gasteiger partial charge in [-0.1, -0.05) is 17.0 Å². The van der Waals surface area contributed by atoms with Crippen molar-refractivity contribution in [1.29, 1.82) is 0 Å². The Labute approximate surface area is 109 Å². The van der Waals surface area contributed by atoms with Gasteiger partial charge in [-0.05, 0) is 13.0 Å². The van der Waals surface area contributed by atoms with Crippen LogP contribution in [0.15, 0.2) is 29.0 Å². The molecule has 0 aliphatic rings. The number of hydrogen-bond donors (Lipinski definition) is 2. The predicted molar refractivity (Wildman–Crippen MR) is 67.4 cm³/mol. The van der Waals surface area contributed by atoms with Gasteiger partial charge in [0.15, 0.2) is 0 Å². The molecule has 2 aromatic heterocycles. The molecule has 0 unspecified atom stereocenters. The highest BCUT2D eigenvalue weighted by Gasteiger charge is 2.12. The van der Waals surface area contributed by atoms with E-state index in [9.17, 15) is 4.79 Å². The number of rotatable bonds is 2. The van der Waals surface area contributed by atoms with Gasteiger partial charge in [0.25, 0.3) is 5.91 Å². The molecule has 2 heterocycles. The first-order valence-electron chi connectivity index (χ1n) is 5.49. The number of anilines is 1. The highest BCUT2D eigenvalue weighted by Crippen LogP contribution is 2.12. The lowest BCUT2D eigenvalue weighted by Crippen LogP contribution is -2.13. The number of carbonyl (C=O) groups is 1. The standard InChI is InChI=1S/C13H11N3O3/c1-9-7-12(19-16-9)15-13(18)11-4-5-14-8-10(11)3-2-6-17/h4-5,7-8,17H,6H2,1H3,(H,15,18). The van der Waals surface area contributed by atoms with Crippen molar-refractivity contribution in [3.05, 3.63) is 41.3 Å². The number of carbonyl (C=O) groups excluding carboxylic acids is 1. The summed E-state index contributed by atoms with van der Waals surface area (Å²) < 4.78 is 4.90. The van der Waals surface area contributed by atoms with E-state index < -0.39 is 0 Å². The maximum Gasteiger partial charge on any atom is 0.259 e. The van der Waals surface area contributed by atoms with Gasteiger partial charge >= 0.3 is 0 Å². The van der Waals surface area contributed by atoms with Crippen LogP contribution in [0.5, 0.6) is 0 Å². The summed E-state index contributed by atoms with van der Waals surface area (Å²) in [6, 6.07) is 3.15. The summed E-state index contributed by atoms with van der Waals surface area (Å²) in [7, 11) is 0. The van der Waals surface area contributed by atoms with Gasteiger partial charge in [0.2, 0.25) is 5.88 Å². The van der Waals surface area contributed by atoms with Crippen LogP contribution in [0.2, 0.25) is 0 Å². The summed E-state index contributed by atoms with van der Waals surface area (Å²) >= 11 is 0. The van der Waals surface area contributed by atoms with Crippen molar-refractivity contribution in [1.82, 2.24) is 10.1 Å². The van der Waals surface area contributed by atoms with Gasteiger partial charge in [-0.3, -0.25) is 15.1 Å². The highest BCUT2D eigenvalue weighted by atomic mass is 16.5. The lowest BCUT2D eigenvalue weighted by atomic mass is 10.1. The Morgan fingerprint density at radius 1 is 1.58 bits per heavy atom. The molecule has 0 aromatic carbocycles. The minimum atomic E-state index is -0.374. The minimum Gasteiger partial charge on any atom is -0.384 e. The number of pyridine rings is 1. The van der Waals surface area contributed by atoms with Crippen molar-refractivity contribution in [3.8, 4) is 11.8 Å². The first kappa shape index (κ1) is 12.8. The molecule has 6 heteroatoms. The maximum atomic E-state index is 12.1. The number of amides is 1. The van der Waals surface area contributed by atoms with Crippen LogP contribution in [-0.2, 0) is 0 Å². The highest BCUT2D eigenvalue weighted by molar-refractivity contribution is 6.05. The topological polar surface area (TPSA) is 88.2 Å². The summed E-state index contributed by atoms with van der Waals surface area (Å²) in [4.78, 5) is 15.9. The molecular weight excluding hydrogens is 246 g/mol. The van der Waals surface area contributed by atoms with Crippen molar-refractivity contribution >= 4 is 11.8 Å². The van der Waals surface area contributed by atoms with E-state index in [4.69, 9.17) is 9.63 Å². The van der Waals surface area contributed by atoms with E-state index in [1.165, 1.54) is 12.4 Å². The maximum absolute atomic E-state index is 12.1. The van der Waals surface area contributed by atoms with Gasteiger partial charge in [-0.25, -0.2) is 0 Å². The molecule has 96 valence electrons. The largest absolute Gasteiger partial charge is 0.384 e. The number of aliphatic hydroxyl groups excluding tert-OH is 1. The Morgan fingerprint density at radius 3 is 3.11 bits per heavy atom. The van der Waals surface area contributed by atoms with E-state index in [1.807, 2.05) is 0 Å². The lowest BCUT2D eigenvalue weighted by Gasteiger charge is -2.03. The number of nitrogens with zero attached hydrogens (tertiary/aromatic N) is 2. The Hall–Kier alpha value is -2.65. The second-order valence-corrected chi connectivity index (χ2v) is 3.67. The molecule has 2 aromatic rings. The van der Waals surface area contributed by atoms with Gasteiger partial charge in [0.1, 0.15) is 6.61 Å². The Morgan fingerprint density at radius 2 is 2.42 bits per heavy atom. The average molecular weight is 257 g/mol. The SMILES string of the molecule is Cc1cc(NC(=O)c2ccncc2C#CCO)on1. The molecule has 0 aliphatic carbocycles. The van der Waals surface area contributed by atoms with Crippen molar-refractivity contribution in [2.24, 2.45) is 0 Å². The zero-order chi connectivity index (χ0) is 13.7. The van der Waals surface area contributed by atoms with Crippen molar-refractivity contribution in [2.75, 3.05) is 11.9 Å². The molecular formula is C13H11N3O3. The van der Waals surface area contributed by atoms with Crippen LogP contribution in [0.25, 0.3) is 0 Å². The summed E-state index contributed by atoms with van der Waals surface area (Å²) in [5.41, 5.74) is 1.46. The zero-order valence-electron chi connectivity index (χ0n) is 10.2. The molecule has 1 amide bonds. The van der Waals surface area contributed by atoms with E-state index in [0.717, 1.165) is 0 Å². The number of aliphatic hydroxyl groups is 1. The summed E-state index contributed by atoms with van der Waals surface area (Å²) in [5, 5.41) is 14.9. The van der Waals surface area contributed by atoms with Gasteiger partial charge in [0.05, 0.1) is 16.8 Å². The van der Waals surface area contributed by atoms with Crippen molar-refractivity contribution in [2.45, 2.75) is 6.92 Å². The van der Waals surface area contributed by atoms with Gasteiger partial charge in [0, 0.05) is 18.5 Å². The molecule has 0 saturated heterocycles. The van der Waals surface area contributed by atoms with Crippen LogP contribution in [0, 0.1) is 18.8 Å². The third kappa shape index (κ3) is 3.18. The number of aromatic nitrogens is 2. The van der Waals surface area contributed by atoms with Crippen molar-refractivity contribution in [3.63, 3.8) is 0 Å². The second-order valence-electron chi connectivity index (χ2n) is 3.67. The third-order valence-electron chi connectivity index (χ3n) is 2.23. The second kappa shape index (κ2) is 5.80. The molecule has 0 atom stereocenters. The third-order valence-corrected chi connectivity index (χ3v) is 2.23. The summed E-state index contributed by atoms with van der Waals surface area (Å²) in [6.07, 6.45) is 2.95. The van der Waals surface area contributed by atoms with Crippen LogP contribution < -0.4 is 5.32 Å². The average Bonchev–Trinajstić information content (AvgIpc) is 2.82. The lowest BCUT2D eigenvalue weighted by molar-refractivity contribution is 0.102. The molecule has 0 spiro atoms. The molecule has 2 rings (SSSR count). The first-order chi connectivity index (χ1) is 9.20. The summed E-state index contributed by atoms with van der Waals surface area (Å²) in [5.74, 6) is 5.03. The normalized spacial score (nSPS) is 9.58. The first-order valence-corrected chi connectivity index (χ1v) is 5.49. The Balaban J connectivity index is 2.23. The van der Waals surface area contributed by atoms with Gasteiger partial charge < -0.3 is 9.63 Å². The quantitative estimate of drug-likeness (QED) is 0.783. The molecule has 6 nitrogen and oxygen atoms in total. The number of hydrogen-bond acceptors (Lipinski definition) is 5. The molecule has 0 aliphatic heterocycles. The molecule has 0 saturated carbocycles. The van der Waals surface area contributed by atoms with Crippen molar-refractivity contribution < 1.29 is 14.4 Å². The Kier molecular flexibility index (Phi) is 3.90. The molecule has 0 fully saturated rings. The van der Waals surface area contributed by atoms with E-state index in [0.29, 0.717) is 16.8 Å². The van der Waals surface area contributed by atoms with Crippen LogP contribution >= 0.6 is 0 Å². The molecule has 0 radical (unpaired) electrons. The fourth-order valence-electron chi connectivity index (χ4n) is 1.43. The van der Waals surface area contributed by atoms with E-state index in [2.05, 4.69) is 27.3 Å². The fraction of sp³-hybridized carbons (Fsp3) is 0.154. The van der Waals surface area contributed by atoms with Crippen LogP contribution in [0.3, 0.4) is 0 Å². The molecule has 0 bridgehead atoms. The van der Waals surface area contributed by atoms with E-state index >= 15 is 0 Å². The predicted octanol–water partition coefficient (Wildman–Crippen LogP) is 0.974. The smallest absolute Gasteiger partial charge is 0.259 e. The van der Waals surface area contributed by atoms with Gasteiger partial charge in [-0.2, -0.15) is 0 Å². The minimum absolute atomic E-state index is 0.264. The van der Waals surface area contributed by atoms with E-state index in [1.54, 1.807) is 19.1 Å². The zero-order valence-corrected chi connectivity index (χ0v) is 10.2. The number of aryl methyl sites for hydroxylation is 1. The fourth-order valence-corrected chi connectivity index (χ4v) is 1.43. The summed E-state index contributed by atoms with van der Waals surface area (Å²) in [6.45, 7) is 1.47. The van der Waals surface area contributed by atoms with Crippen LogP contribution in [0.1, 0.15) is 21.6 Å². The number of nitrogens with one attached hydrogen (secondary N) is 1. The van der Waals surface area contributed by atoms with E-state index in [-0.39, 0.29) is 18.4 Å².